The molecule has 0 amide bonds. The molecule has 1 aliphatic heterocycles. The second kappa shape index (κ2) is 7.11. The summed E-state index contributed by atoms with van der Waals surface area (Å²) in [6.07, 6.45) is 3.99. The van der Waals surface area contributed by atoms with Crippen LogP contribution in [0.1, 0.15) is 25.3 Å². The highest BCUT2D eigenvalue weighted by Gasteiger charge is 2.26. The lowest BCUT2D eigenvalue weighted by Gasteiger charge is -2.35. The van der Waals surface area contributed by atoms with Gasteiger partial charge in [0.25, 0.3) is 0 Å². The Balaban J connectivity index is 1.49. The van der Waals surface area contributed by atoms with Crippen LogP contribution in [0.2, 0.25) is 0 Å². The fourth-order valence-electron chi connectivity index (χ4n) is 3.10. The van der Waals surface area contributed by atoms with Gasteiger partial charge in [-0.05, 0) is 37.5 Å². The zero-order chi connectivity index (χ0) is 16.1. The molecule has 2 heterocycles. The number of aliphatic hydroxyl groups is 1. The summed E-state index contributed by atoms with van der Waals surface area (Å²) in [5, 5.41) is 14.2. The molecule has 0 aliphatic carbocycles. The number of nitrogens with one attached hydrogen (secondary N) is 1. The molecule has 2 aromatic rings. The van der Waals surface area contributed by atoms with Crippen LogP contribution in [0, 0.1) is 0 Å². The molecule has 1 aromatic heterocycles. The van der Waals surface area contributed by atoms with Crippen molar-refractivity contribution < 1.29 is 5.11 Å². The first-order valence-corrected chi connectivity index (χ1v) is 8.32. The van der Waals surface area contributed by atoms with Gasteiger partial charge in [-0.15, -0.1) is 0 Å². The molecular weight excluding hydrogens is 286 g/mol. The summed E-state index contributed by atoms with van der Waals surface area (Å²) in [5.74, 6) is 1.06. The molecular formula is C19H25N3O. The Morgan fingerprint density at radius 3 is 2.48 bits per heavy atom. The van der Waals surface area contributed by atoms with Crippen molar-refractivity contribution in [2.45, 2.75) is 31.4 Å². The molecule has 122 valence electrons. The lowest BCUT2D eigenvalue weighted by atomic mass is 9.95. The first-order valence-electron chi connectivity index (χ1n) is 8.32. The van der Waals surface area contributed by atoms with E-state index in [0.29, 0.717) is 12.6 Å². The Hall–Kier alpha value is -1.91. The fourth-order valence-corrected chi connectivity index (χ4v) is 3.10. The normalized spacial score (nSPS) is 18.6. The Labute approximate surface area is 138 Å². The largest absolute Gasteiger partial charge is 0.384 e. The maximum absolute atomic E-state index is 10.7. The standard InChI is InChI=1S/C19H25N3O/c1-19(23,16-7-3-2-4-8-16)15-21-17-10-13-22(14-11-17)18-9-5-6-12-20-18/h2-9,12,17,21,23H,10-11,13-15H2,1H3. The van der Waals surface area contributed by atoms with Crippen LogP contribution < -0.4 is 10.2 Å². The van der Waals surface area contributed by atoms with Crippen LogP contribution in [-0.2, 0) is 5.60 Å². The van der Waals surface area contributed by atoms with Crippen molar-refractivity contribution in [3.05, 3.63) is 60.3 Å². The summed E-state index contributed by atoms with van der Waals surface area (Å²) in [6.45, 7) is 4.45. The van der Waals surface area contributed by atoms with E-state index < -0.39 is 5.60 Å². The molecule has 2 N–H and O–H groups in total. The van der Waals surface area contributed by atoms with Crippen molar-refractivity contribution in [1.29, 1.82) is 0 Å². The molecule has 1 atom stereocenters. The average Bonchev–Trinajstić information content (AvgIpc) is 2.62. The van der Waals surface area contributed by atoms with Crippen molar-refractivity contribution >= 4 is 5.82 Å². The Bertz CT molecular complexity index is 593. The van der Waals surface area contributed by atoms with E-state index in [9.17, 15) is 5.11 Å². The van der Waals surface area contributed by atoms with Crippen LogP contribution in [0.5, 0.6) is 0 Å². The third-order valence-corrected chi connectivity index (χ3v) is 4.60. The summed E-state index contributed by atoms with van der Waals surface area (Å²) in [4.78, 5) is 6.74. The Kier molecular flexibility index (Phi) is 4.94. The minimum Gasteiger partial charge on any atom is -0.384 e. The maximum atomic E-state index is 10.7. The molecule has 23 heavy (non-hydrogen) atoms. The lowest BCUT2D eigenvalue weighted by molar-refractivity contribution is 0.0528. The first kappa shape index (κ1) is 16.0. The van der Waals surface area contributed by atoms with Crippen LogP contribution in [0.4, 0.5) is 5.82 Å². The van der Waals surface area contributed by atoms with Crippen molar-refractivity contribution in [2.75, 3.05) is 24.5 Å². The minimum absolute atomic E-state index is 0.449. The molecule has 3 rings (SSSR count). The number of benzene rings is 1. The van der Waals surface area contributed by atoms with E-state index in [1.54, 1.807) is 0 Å². The number of piperidine rings is 1. The second-order valence-electron chi connectivity index (χ2n) is 6.47. The van der Waals surface area contributed by atoms with Gasteiger partial charge in [0.2, 0.25) is 0 Å². The highest BCUT2D eigenvalue weighted by molar-refractivity contribution is 5.38. The number of anilines is 1. The van der Waals surface area contributed by atoms with E-state index in [1.807, 2.05) is 55.6 Å². The van der Waals surface area contributed by atoms with Gasteiger partial charge in [-0.1, -0.05) is 36.4 Å². The van der Waals surface area contributed by atoms with Crippen molar-refractivity contribution in [3.8, 4) is 0 Å². The van der Waals surface area contributed by atoms with E-state index in [1.165, 1.54) is 0 Å². The van der Waals surface area contributed by atoms with Gasteiger partial charge in [0.05, 0.1) is 5.60 Å². The van der Waals surface area contributed by atoms with Crippen molar-refractivity contribution in [1.82, 2.24) is 10.3 Å². The summed E-state index contributed by atoms with van der Waals surface area (Å²) >= 11 is 0. The van der Waals surface area contributed by atoms with Crippen LogP contribution in [-0.4, -0.2) is 35.8 Å². The number of aromatic nitrogens is 1. The molecule has 4 nitrogen and oxygen atoms in total. The Morgan fingerprint density at radius 2 is 1.83 bits per heavy atom. The van der Waals surface area contributed by atoms with Gasteiger partial charge in [-0.25, -0.2) is 4.98 Å². The summed E-state index contributed by atoms with van der Waals surface area (Å²) < 4.78 is 0. The average molecular weight is 311 g/mol. The Morgan fingerprint density at radius 1 is 1.13 bits per heavy atom. The fraction of sp³-hybridized carbons (Fsp3) is 0.421. The van der Waals surface area contributed by atoms with Gasteiger partial charge in [-0.2, -0.15) is 0 Å². The van der Waals surface area contributed by atoms with E-state index in [0.717, 1.165) is 37.3 Å². The third kappa shape index (κ3) is 4.09. The van der Waals surface area contributed by atoms with Crippen LogP contribution in [0.25, 0.3) is 0 Å². The lowest BCUT2D eigenvalue weighted by Crippen LogP contribution is -2.46. The molecule has 0 bridgehead atoms. The van der Waals surface area contributed by atoms with Gasteiger partial charge in [0, 0.05) is 31.9 Å². The van der Waals surface area contributed by atoms with Gasteiger partial charge in [0.1, 0.15) is 5.82 Å². The van der Waals surface area contributed by atoms with E-state index >= 15 is 0 Å². The molecule has 0 radical (unpaired) electrons. The van der Waals surface area contributed by atoms with Crippen LogP contribution in [0.3, 0.4) is 0 Å². The molecule has 1 aliphatic rings. The summed E-state index contributed by atoms with van der Waals surface area (Å²) in [7, 11) is 0. The van der Waals surface area contributed by atoms with Gasteiger partial charge in [0.15, 0.2) is 0 Å². The molecule has 1 unspecified atom stereocenters. The number of pyridine rings is 1. The van der Waals surface area contributed by atoms with E-state index in [2.05, 4.69) is 21.3 Å². The maximum Gasteiger partial charge on any atom is 0.128 e. The highest BCUT2D eigenvalue weighted by Crippen LogP contribution is 2.21. The third-order valence-electron chi connectivity index (χ3n) is 4.60. The quantitative estimate of drug-likeness (QED) is 0.891. The molecule has 1 fully saturated rings. The predicted molar refractivity (Wildman–Crippen MR) is 93.5 cm³/mol. The topological polar surface area (TPSA) is 48.4 Å². The number of nitrogens with zero attached hydrogens (tertiary/aromatic N) is 2. The smallest absolute Gasteiger partial charge is 0.128 e. The number of rotatable bonds is 5. The highest BCUT2D eigenvalue weighted by atomic mass is 16.3. The summed E-state index contributed by atoms with van der Waals surface area (Å²) in [5.41, 5.74) is 0.123. The van der Waals surface area contributed by atoms with Gasteiger partial charge < -0.3 is 15.3 Å². The monoisotopic (exact) mass is 311 g/mol. The SMILES string of the molecule is CC(O)(CNC1CCN(c2ccccn2)CC1)c1ccccc1. The molecule has 1 aromatic carbocycles. The van der Waals surface area contributed by atoms with Crippen LogP contribution in [0.15, 0.2) is 54.7 Å². The van der Waals surface area contributed by atoms with Crippen molar-refractivity contribution in [2.24, 2.45) is 0 Å². The molecule has 4 heteroatoms. The number of hydrogen-bond donors (Lipinski definition) is 2. The molecule has 1 saturated heterocycles. The van der Waals surface area contributed by atoms with Gasteiger partial charge >= 0.3 is 0 Å². The zero-order valence-corrected chi connectivity index (χ0v) is 13.7. The first-order chi connectivity index (χ1) is 11.1. The van der Waals surface area contributed by atoms with Gasteiger partial charge in [-0.3, -0.25) is 0 Å². The molecule has 0 spiro atoms. The summed E-state index contributed by atoms with van der Waals surface area (Å²) in [6, 6.07) is 16.4. The molecule has 0 saturated carbocycles. The second-order valence-corrected chi connectivity index (χ2v) is 6.47. The number of hydrogen-bond acceptors (Lipinski definition) is 4. The zero-order valence-electron chi connectivity index (χ0n) is 13.7. The van der Waals surface area contributed by atoms with E-state index in [-0.39, 0.29) is 0 Å². The predicted octanol–water partition coefficient (Wildman–Crippen LogP) is 2.55. The van der Waals surface area contributed by atoms with E-state index in [4.69, 9.17) is 0 Å². The minimum atomic E-state index is -0.834. The van der Waals surface area contributed by atoms with Crippen LogP contribution >= 0.6 is 0 Å². The van der Waals surface area contributed by atoms with Crippen molar-refractivity contribution in [3.63, 3.8) is 0 Å².